The van der Waals surface area contributed by atoms with Crippen LogP contribution in [0, 0.1) is 0 Å². The SMILES string of the molecule is C=C(C)C(=O)OCCS(=O)(=O)Cc1ccc(O)cc1. The summed E-state index contributed by atoms with van der Waals surface area (Å²) in [6.45, 7) is 4.70. The number of rotatable bonds is 6. The van der Waals surface area contributed by atoms with Crippen LogP contribution in [0.15, 0.2) is 36.4 Å². The van der Waals surface area contributed by atoms with E-state index in [0.717, 1.165) is 0 Å². The van der Waals surface area contributed by atoms with E-state index in [0.29, 0.717) is 5.56 Å². The molecule has 0 radical (unpaired) electrons. The van der Waals surface area contributed by atoms with Crippen molar-refractivity contribution < 1.29 is 23.1 Å². The van der Waals surface area contributed by atoms with Crippen LogP contribution in [0.1, 0.15) is 12.5 Å². The maximum absolute atomic E-state index is 11.8. The molecule has 0 saturated heterocycles. The lowest BCUT2D eigenvalue weighted by molar-refractivity contribution is -0.138. The van der Waals surface area contributed by atoms with Crippen molar-refractivity contribution in [1.82, 2.24) is 0 Å². The highest BCUT2D eigenvalue weighted by atomic mass is 32.2. The predicted molar refractivity (Wildman–Crippen MR) is 71.4 cm³/mol. The number of benzene rings is 1. The van der Waals surface area contributed by atoms with Gasteiger partial charge in [-0.25, -0.2) is 13.2 Å². The second-order valence-corrected chi connectivity index (χ2v) is 6.36. The zero-order valence-corrected chi connectivity index (χ0v) is 11.4. The minimum Gasteiger partial charge on any atom is -0.508 e. The minimum atomic E-state index is -3.36. The molecular formula is C13H16O5S. The summed E-state index contributed by atoms with van der Waals surface area (Å²) in [6.07, 6.45) is 0. The van der Waals surface area contributed by atoms with E-state index in [1.807, 2.05) is 0 Å². The Morgan fingerprint density at radius 3 is 2.42 bits per heavy atom. The van der Waals surface area contributed by atoms with E-state index in [1.165, 1.54) is 31.2 Å². The minimum absolute atomic E-state index is 0.0801. The molecule has 0 fully saturated rings. The number of ether oxygens (including phenoxy) is 1. The van der Waals surface area contributed by atoms with Gasteiger partial charge in [0.05, 0.1) is 11.5 Å². The molecule has 0 saturated carbocycles. The summed E-state index contributed by atoms with van der Waals surface area (Å²) >= 11 is 0. The van der Waals surface area contributed by atoms with Gasteiger partial charge < -0.3 is 9.84 Å². The van der Waals surface area contributed by atoms with Gasteiger partial charge in [-0.1, -0.05) is 18.7 Å². The van der Waals surface area contributed by atoms with E-state index < -0.39 is 15.8 Å². The summed E-state index contributed by atoms with van der Waals surface area (Å²) in [5.41, 5.74) is 0.806. The fourth-order valence-corrected chi connectivity index (χ4v) is 2.48. The van der Waals surface area contributed by atoms with Gasteiger partial charge in [0.15, 0.2) is 9.84 Å². The van der Waals surface area contributed by atoms with Crippen molar-refractivity contribution in [3.05, 3.63) is 42.0 Å². The Hall–Kier alpha value is -1.82. The van der Waals surface area contributed by atoms with Gasteiger partial charge in [-0.05, 0) is 24.6 Å². The first-order valence-electron chi connectivity index (χ1n) is 5.61. The number of sulfone groups is 1. The van der Waals surface area contributed by atoms with Crippen molar-refractivity contribution in [3.63, 3.8) is 0 Å². The van der Waals surface area contributed by atoms with Crippen LogP contribution in [-0.4, -0.2) is 31.9 Å². The molecule has 1 aromatic rings. The van der Waals surface area contributed by atoms with Gasteiger partial charge in [0.25, 0.3) is 0 Å². The first kappa shape index (κ1) is 15.2. The smallest absolute Gasteiger partial charge is 0.333 e. The van der Waals surface area contributed by atoms with Gasteiger partial charge >= 0.3 is 5.97 Å². The molecular weight excluding hydrogens is 268 g/mol. The molecule has 1 rings (SSSR count). The van der Waals surface area contributed by atoms with Crippen LogP contribution in [0.25, 0.3) is 0 Å². The van der Waals surface area contributed by atoms with E-state index in [1.54, 1.807) is 0 Å². The number of carbonyl (C=O) groups excluding carboxylic acids is 1. The highest BCUT2D eigenvalue weighted by Gasteiger charge is 2.13. The van der Waals surface area contributed by atoms with E-state index in [2.05, 4.69) is 6.58 Å². The number of aromatic hydroxyl groups is 1. The third-order valence-electron chi connectivity index (χ3n) is 2.30. The normalized spacial score (nSPS) is 11.0. The lowest BCUT2D eigenvalue weighted by Crippen LogP contribution is -2.17. The lowest BCUT2D eigenvalue weighted by atomic mass is 10.2. The van der Waals surface area contributed by atoms with E-state index in [4.69, 9.17) is 9.84 Å². The Morgan fingerprint density at radius 1 is 1.32 bits per heavy atom. The van der Waals surface area contributed by atoms with Crippen LogP contribution in [0.3, 0.4) is 0 Å². The van der Waals surface area contributed by atoms with Crippen molar-refractivity contribution in [2.24, 2.45) is 0 Å². The van der Waals surface area contributed by atoms with Crippen LogP contribution in [-0.2, 0) is 25.1 Å². The number of carbonyl (C=O) groups is 1. The van der Waals surface area contributed by atoms with E-state index in [9.17, 15) is 13.2 Å². The van der Waals surface area contributed by atoms with Crippen molar-refractivity contribution in [1.29, 1.82) is 0 Å². The molecule has 19 heavy (non-hydrogen) atoms. The molecule has 5 nitrogen and oxygen atoms in total. The third kappa shape index (κ3) is 5.56. The highest BCUT2D eigenvalue weighted by Crippen LogP contribution is 2.12. The molecule has 1 N–H and O–H groups in total. The van der Waals surface area contributed by atoms with Crippen molar-refractivity contribution in [3.8, 4) is 5.75 Å². The largest absolute Gasteiger partial charge is 0.508 e. The Labute approximate surface area is 112 Å². The molecule has 0 aliphatic carbocycles. The third-order valence-corrected chi connectivity index (χ3v) is 3.86. The molecule has 0 aromatic heterocycles. The second kappa shape index (κ2) is 6.38. The fourth-order valence-electron chi connectivity index (χ4n) is 1.30. The quantitative estimate of drug-likeness (QED) is 0.631. The molecule has 0 atom stereocenters. The van der Waals surface area contributed by atoms with E-state index >= 15 is 0 Å². The van der Waals surface area contributed by atoms with Gasteiger partial charge in [0, 0.05) is 5.57 Å². The van der Waals surface area contributed by atoms with Crippen LogP contribution in [0.5, 0.6) is 5.75 Å². The number of hydrogen-bond donors (Lipinski definition) is 1. The van der Waals surface area contributed by atoms with Gasteiger partial charge in [-0.15, -0.1) is 0 Å². The molecule has 1 aromatic carbocycles. The first-order chi connectivity index (χ1) is 8.80. The summed E-state index contributed by atoms with van der Waals surface area (Å²) in [7, 11) is -3.36. The van der Waals surface area contributed by atoms with Crippen molar-refractivity contribution >= 4 is 15.8 Å². The van der Waals surface area contributed by atoms with Crippen molar-refractivity contribution in [2.45, 2.75) is 12.7 Å². The highest BCUT2D eigenvalue weighted by molar-refractivity contribution is 7.90. The molecule has 0 aliphatic heterocycles. The Balaban J connectivity index is 2.50. The first-order valence-corrected chi connectivity index (χ1v) is 7.43. The molecule has 0 bridgehead atoms. The molecule has 104 valence electrons. The van der Waals surface area contributed by atoms with Gasteiger partial charge in [-0.2, -0.15) is 0 Å². The number of phenols is 1. The second-order valence-electron chi connectivity index (χ2n) is 4.17. The maximum Gasteiger partial charge on any atom is 0.333 e. The van der Waals surface area contributed by atoms with Gasteiger partial charge in [0.1, 0.15) is 12.4 Å². The van der Waals surface area contributed by atoms with Crippen LogP contribution in [0.2, 0.25) is 0 Å². The van der Waals surface area contributed by atoms with Gasteiger partial charge in [-0.3, -0.25) is 0 Å². The Kier molecular flexibility index (Phi) is 5.11. The summed E-state index contributed by atoms with van der Waals surface area (Å²) < 4.78 is 28.3. The molecule has 0 spiro atoms. The van der Waals surface area contributed by atoms with E-state index in [-0.39, 0.29) is 29.4 Å². The molecule has 0 amide bonds. The zero-order valence-electron chi connectivity index (χ0n) is 10.6. The summed E-state index contributed by atoms with van der Waals surface area (Å²) in [5, 5.41) is 9.09. The number of esters is 1. The summed E-state index contributed by atoms with van der Waals surface area (Å²) in [4.78, 5) is 11.1. The van der Waals surface area contributed by atoms with Crippen molar-refractivity contribution in [2.75, 3.05) is 12.4 Å². The lowest BCUT2D eigenvalue weighted by Gasteiger charge is -2.06. The summed E-state index contributed by atoms with van der Waals surface area (Å²) in [5.74, 6) is -0.915. The number of phenolic OH excluding ortho intramolecular Hbond substituents is 1. The average molecular weight is 284 g/mol. The Morgan fingerprint density at radius 2 is 1.89 bits per heavy atom. The maximum atomic E-state index is 11.8. The van der Waals surface area contributed by atoms with Gasteiger partial charge in [0.2, 0.25) is 0 Å². The topological polar surface area (TPSA) is 80.7 Å². The molecule has 6 heteroatoms. The standard InChI is InChI=1S/C13H16O5S/c1-10(2)13(15)18-7-8-19(16,17)9-11-3-5-12(14)6-4-11/h3-6,14H,1,7-9H2,2H3. The molecule has 0 aliphatic rings. The number of hydrogen-bond acceptors (Lipinski definition) is 5. The van der Waals surface area contributed by atoms with Crippen LogP contribution >= 0.6 is 0 Å². The monoisotopic (exact) mass is 284 g/mol. The predicted octanol–water partition coefficient (Wildman–Crippen LogP) is 1.43. The Bertz CT molecular complexity index is 557. The summed E-state index contributed by atoms with van der Waals surface area (Å²) in [6, 6.07) is 5.91. The molecule has 0 unspecified atom stereocenters. The fraction of sp³-hybridized carbons (Fsp3) is 0.308. The zero-order chi connectivity index (χ0) is 14.5. The van der Waals surface area contributed by atoms with Crippen LogP contribution in [0.4, 0.5) is 0 Å². The van der Waals surface area contributed by atoms with Crippen LogP contribution < -0.4 is 0 Å². The average Bonchev–Trinajstić information content (AvgIpc) is 2.31. The molecule has 0 heterocycles.